The van der Waals surface area contributed by atoms with Crippen LogP contribution in [0.2, 0.25) is 0 Å². The fourth-order valence-electron chi connectivity index (χ4n) is 5.96. The second-order valence-corrected chi connectivity index (χ2v) is 17.5. The quantitative estimate of drug-likeness (QED) is 0.0248. The molecule has 0 aromatic carbocycles. The van der Waals surface area contributed by atoms with Crippen LogP contribution in [0.5, 0.6) is 0 Å². The Kier molecular flexibility index (Phi) is 36.0. The van der Waals surface area contributed by atoms with Gasteiger partial charge in [0.1, 0.15) is 13.2 Å². The molecule has 0 aromatic rings. The topological polar surface area (TPSA) is 105 Å². The highest BCUT2D eigenvalue weighted by Gasteiger charge is 2.27. The Hall–Kier alpha value is -1.54. The lowest BCUT2D eigenvalue weighted by Gasteiger charge is -2.25. The third-order valence-corrected chi connectivity index (χ3v) is 10.5. The van der Waals surface area contributed by atoms with Gasteiger partial charge in [0.2, 0.25) is 5.91 Å². The summed E-state index contributed by atoms with van der Waals surface area (Å²) in [6.07, 6.45) is 46.3. The second-order valence-electron chi connectivity index (χ2n) is 16.0. The van der Waals surface area contributed by atoms with E-state index in [1.54, 1.807) is 6.08 Å². The molecule has 8 nitrogen and oxygen atoms in total. The minimum Gasteiger partial charge on any atom is -0.387 e. The molecule has 9 heteroatoms. The highest BCUT2D eigenvalue weighted by atomic mass is 31.2. The normalized spacial score (nSPS) is 14.9. The molecule has 0 aliphatic heterocycles. The van der Waals surface area contributed by atoms with Gasteiger partial charge in [-0.25, -0.2) is 4.57 Å². The largest absolute Gasteiger partial charge is 0.472 e. The number of carbonyl (C=O) groups is 1. The van der Waals surface area contributed by atoms with E-state index < -0.39 is 20.0 Å². The molecule has 54 heavy (non-hydrogen) atoms. The molecule has 3 atom stereocenters. The summed E-state index contributed by atoms with van der Waals surface area (Å²) in [7, 11) is 1.53. The summed E-state index contributed by atoms with van der Waals surface area (Å²) in [6.45, 7) is 4.70. The Morgan fingerprint density at radius 1 is 0.611 bits per heavy atom. The van der Waals surface area contributed by atoms with Crippen molar-refractivity contribution in [3.05, 3.63) is 48.6 Å². The number of aliphatic hydroxyl groups excluding tert-OH is 1. The van der Waals surface area contributed by atoms with Crippen molar-refractivity contribution in [2.75, 3.05) is 40.9 Å². The second kappa shape index (κ2) is 37.1. The molecule has 0 aliphatic carbocycles. The average molecular weight is 782 g/mol. The highest BCUT2D eigenvalue weighted by molar-refractivity contribution is 7.47. The molecular weight excluding hydrogens is 695 g/mol. The lowest BCUT2D eigenvalue weighted by atomic mass is 10.0. The SMILES string of the molecule is CCC/C=C\CCCCCCCC(=O)NC(COP(=O)(O)OCC[N+](C)(C)C)C(O)/C=C/CC/C=C/CC/C=C/CCCCCCCCCCCCCC. The lowest BCUT2D eigenvalue weighted by Crippen LogP contribution is -2.45. The molecule has 0 spiro atoms. The molecular formula is C45H86N2O6P+. The number of nitrogens with one attached hydrogen (secondary N) is 1. The van der Waals surface area contributed by atoms with Crippen molar-refractivity contribution >= 4 is 13.7 Å². The van der Waals surface area contributed by atoms with Crippen molar-refractivity contribution in [2.45, 2.75) is 193 Å². The molecule has 0 saturated heterocycles. The first kappa shape index (κ1) is 52.5. The van der Waals surface area contributed by atoms with Crippen LogP contribution < -0.4 is 5.32 Å². The van der Waals surface area contributed by atoms with Crippen LogP contribution >= 0.6 is 7.82 Å². The van der Waals surface area contributed by atoms with E-state index in [1.165, 1.54) is 89.9 Å². The zero-order chi connectivity index (χ0) is 40.0. The van der Waals surface area contributed by atoms with Gasteiger partial charge in [-0.15, -0.1) is 0 Å². The molecule has 316 valence electrons. The van der Waals surface area contributed by atoms with E-state index in [-0.39, 0.29) is 19.1 Å². The number of quaternary nitrogens is 1. The third-order valence-electron chi connectivity index (χ3n) is 9.48. The van der Waals surface area contributed by atoms with E-state index in [4.69, 9.17) is 9.05 Å². The van der Waals surface area contributed by atoms with E-state index >= 15 is 0 Å². The van der Waals surface area contributed by atoms with E-state index in [0.29, 0.717) is 17.4 Å². The van der Waals surface area contributed by atoms with E-state index in [1.807, 2.05) is 27.2 Å². The fourth-order valence-corrected chi connectivity index (χ4v) is 6.69. The number of unbranched alkanes of at least 4 members (excludes halogenated alkanes) is 20. The van der Waals surface area contributed by atoms with Crippen molar-refractivity contribution in [2.24, 2.45) is 0 Å². The number of allylic oxidation sites excluding steroid dienone is 7. The maximum absolute atomic E-state index is 12.8. The van der Waals surface area contributed by atoms with Gasteiger partial charge in [0, 0.05) is 6.42 Å². The van der Waals surface area contributed by atoms with E-state index in [9.17, 15) is 19.4 Å². The molecule has 3 N–H and O–H groups in total. The Balaban J connectivity index is 4.44. The summed E-state index contributed by atoms with van der Waals surface area (Å²) in [6, 6.07) is -0.872. The van der Waals surface area contributed by atoms with Gasteiger partial charge in [-0.2, -0.15) is 0 Å². The summed E-state index contributed by atoms with van der Waals surface area (Å²) < 4.78 is 23.5. The molecule has 0 bridgehead atoms. The number of likely N-dealkylation sites (N-methyl/N-ethyl adjacent to an activating group) is 1. The minimum absolute atomic E-state index is 0.0507. The zero-order valence-electron chi connectivity index (χ0n) is 35.7. The maximum Gasteiger partial charge on any atom is 0.472 e. The molecule has 1 amide bonds. The summed E-state index contributed by atoms with van der Waals surface area (Å²) in [5.74, 6) is -0.205. The molecule has 0 aromatic heterocycles. The van der Waals surface area contributed by atoms with Crippen LogP contribution in [0.4, 0.5) is 0 Å². The van der Waals surface area contributed by atoms with Crippen LogP contribution in [0.25, 0.3) is 0 Å². The van der Waals surface area contributed by atoms with Gasteiger partial charge in [-0.1, -0.05) is 159 Å². The van der Waals surface area contributed by atoms with E-state index in [0.717, 1.165) is 70.6 Å². The summed E-state index contributed by atoms with van der Waals surface area (Å²) in [4.78, 5) is 23.0. The van der Waals surface area contributed by atoms with Gasteiger partial charge in [-0.3, -0.25) is 13.8 Å². The molecule has 0 heterocycles. The average Bonchev–Trinajstić information content (AvgIpc) is 3.12. The van der Waals surface area contributed by atoms with E-state index in [2.05, 4.69) is 55.6 Å². The van der Waals surface area contributed by atoms with Gasteiger partial charge in [0.15, 0.2) is 0 Å². The number of carbonyl (C=O) groups excluding carboxylic acids is 1. The van der Waals surface area contributed by atoms with Crippen molar-refractivity contribution in [3.63, 3.8) is 0 Å². The first-order valence-corrected chi connectivity index (χ1v) is 23.5. The Morgan fingerprint density at radius 2 is 1.06 bits per heavy atom. The summed E-state index contributed by atoms with van der Waals surface area (Å²) >= 11 is 0. The molecule has 3 unspecified atom stereocenters. The number of rotatable bonds is 39. The van der Waals surface area contributed by atoms with Gasteiger partial charge >= 0.3 is 7.82 Å². The Bertz CT molecular complexity index is 1020. The number of hydrogen-bond donors (Lipinski definition) is 3. The monoisotopic (exact) mass is 782 g/mol. The van der Waals surface area contributed by atoms with Crippen LogP contribution in [0, 0.1) is 0 Å². The Labute approximate surface area is 333 Å². The number of aliphatic hydroxyl groups is 1. The molecule has 0 rings (SSSR count). The lowest BCUT2D eigenvalue weighted by molar-refractivity contribution is -0.870. The van der Waals surface area contributed by atoms with Crippen molar-refractivity contribution < 1.29 is 32.9 Å². The maximum atomic E-state index is 12.8. The van der Waals surface area contributed by atoms with Crippen LogP contribution in [0.15, 0.2) is 48.6 Å². The number of nitrogens with zero attached hydrogens (tertiary/aromatic N) is 1. The van der Waals surface area contributed by atoms with Gasteiger partial charge in [0.05, 0.1) is 39.9 Å². The van der Waals surface area contributed by atoms with Crippen LogP contribution in [-0.2, 0) is 18.4 Å². The number of amides is 1. The highest BCUT2D eigenvalue weighted by Crippen LogP contribution is 2.43. The fraction of sp³-hybridized carbons (Fsp3) is 0.800. The number of phosphoric ester groups is 1. The zero-order valence-corrected chi connectivity index (χ0v) is 36.6. The molecule has 0 fully saturated rings. The smallest absolute Gasteiger partial charge is 0.387 e. The molecule has 0 aliphatic rings. The first-order chi connectivity index (χ1) is 26.0. The number of hydrogen-bond acceptors (Lipinski definition) is 5. The summed E-state index contributed by atoms with van der Waals surface area (Å²) in [5, 5.41) is 13.8. The first-order valence-electron chi connectivity index (χ1n) is 22.0. The molecule has 0 radical (unpaired) electrons. The van der Waals surface area contributed by atoms with Crippen LogP contribution in [-0.4, -0.2) is 73.4 Å². The molecule has 0 saturated carbocycles. The standard InChI is InChI=1S/C45H85N2O6P/c1-6-8-10-12-14-16-18-19-20-21-22-23-24-25-26-27-28-29-30-32-34-36-38-44(48)43(42-53-54(50,51)52-41-40-47(3,4)5)46-45(49)39-37-35-33-31-17-15-13-11-9-7-2/h11,13,25-26,29-30,36,38,43-44,48H,6-10,12,14-24,27-28,31-35,37,39-42H2,1-5H3,(H-,46,49,50,51)/p+1/b13-11-,26-25+,30-29+,38-36+. The minimum atomic E-state index is -4.35. The van der Waals surface area contributed by atoms with Gasteiger partial charge in [0.25, 0.3) is 0 Å². The number of phosphoric acid groups is 1. The predicted octanol–water partition coefficient (Wildman–Crippen LogP) is 12.1. The van der Waals surface area contributed by atoms with Crippen molar-refractivity contribution in [3.8, 4) is 0 Å². The third kappa shape index (κ3) is 38.7. The van der Waals surface area contributed by atoms with Gasteiger partial charge < -0.3 is 19.8 Å². The van der Waals surface area contributed by atoms with Crippen molar-refractivity contribution in [1.82, 2.24) is 5.32 Å². The predicted molar refractivity (Wildman–Crippen MR) is 231 cm³/mol. The summed E-state index contributed by atoms with van der Waals surface area (Å²) in [5.41, 5.74) is 0. The van der Waals surface area contributed by atoms with Crippen LogP contribution in [0.1, 0.15) is 181 Å². The van der Waals surface area contributed by atoms with Gasteiger partial charge in [-0.05, 0) is 64.2 Å². The van der Waals surface area contributed by atoms with Crippen LogP contribution in [0.3, 0.4) is 0 Å². The Morgan fingerprint density at radius 3 is 1.56 bits per heavy atom. The van der Waals surface area contributed by atoms with Crippen molar-refractivity contribution in [1.29, 1.82) is 0 Å².